The van der Waals surface area contributed by atoms with Crippen molar-refractivity contribution in [2.24, 2.45) is 0 Å². The molecule has 0 radical (unpaired) electrons. The molecule has 174 valence electrons. The van der Waals surface area contributed by atoms with Gasteiger partial charge < -0.3 is 14.8 Å². The van der Waals surface area contributed by atoms with Crippen LogP contribution in [-0.4, -0.2) is 50.3 Å². The molecule has 0 aromatic heterocycles. The molecule has 2 atom stereocenters. The van der Waals surface area contributed by atoms with Crippen LogP contribution in [0.3, 0.4) is 0 Å². The maximum absolute atomic E-state index is 13.1. The summed E-state index contributed by atoms with van der Waals surface area (Å²) in [5.74, 6) is -0.378. The second-order valence-corrected chi connectivity index (χ2v) is 8.85. The number of benzene rings is 3. The Labute approximate surface area is 199 Å². The van der Waals surface area contributed by atoms with E-state index in [1.807, 2.05) is 42.5 Å². The van der Waals surface area contributed by atoms with Crippen molar-refractivity contribution in [1.82, 2.24) is 4.90 Å². The van der Waals surface area contributed by atoms with Gasteiger partial charge in [0, 0.05) is 31.1 Å². The topological polar surface area (TPSA) is 67.9 Å². The molecule has 0 fully saturated rings. The van der Waals surface area contributed by atoms with Crippen molar-refractivity contribution in [2.45, 2.75) is 24.3 Å². The Morgan fingerprint density at radius 1 is 0.941 bits per heavy atom. The molecule has 0 saturated heterocycles. The fourth-order valence-corrected chi connectivity index (χ4v) is 5.21. The van der Waals surface area contributed by atoms with E-state index >= 15 is 0 Å². The highest BCUT2D eigenvalue weighted by atomic mass is 16.6. The van der Waals surface area contributed by atoms with Crippen LogP contribution >= 0.6 is 0 Å². The van der Waals surface area contributed by atoms with Gasteiger partial charge in [-0.3, -0.25) is 4.90 Å². The molecular formula is C28H28N2O4. The van der Waals surface area contributed by atoms with Crippen molar-refractivity contribution in [1.29, 1.82) is 0 Å². The van der Waals surface area contributed by atoms with Gasteiger partial charge in [0.2, 0.25) is 0 Å². The third-order valence-corrected chi connectivity index (χ3v) is 7.01. The monoisotopic (exact) mass is 456 g/mol. The van der Waals surface area contributed by atoms with Crippen LogP contribution in [0.4, 0.5) is 10.5 Å². The molecule has 0 saturated carbocycles. The Bertz CT molecular complexity index is 1180. The molecule has 34 heavy (non-hydrogen) atoms. The number of nitrogens with one attached hydrogen (secondary N) is 1. The van der Waals surface area contributed by atoms with E-state index in [4.69, 9.17) is 9.47 Å². The Morgan fingerprint density at radius 3 is 2.18 bits per heavy atom. The number of nitrogens with zero attached hydrogens (tertiary/aromatic N) is 1. The van der Waals surface area contributed by atoms with Gasteiger partial charge in [-0.1, -0.05) is 66.7 Å². The number of carbonyl (C=O) groups is 2. The Balaban J connectivity index is 1.30. The van der Waals surface area contributed by atoms with E-state index < -0.39 is 18.1 Å². The van der Waals surface area contributed by atoms with Crippen molar-refractivity contribution >= 4 is 17.7 Å². The molecule has 3 aromatic rings. The SMILES string of the molecule is COC(=O)[C@H](CC1CNc2ccccc21)N(C)C(=O)OCC1c2ccccc2-c2ccccc21. The number of fused-ring (bicyclic) bond motifs is 4. The van der Waals surface area contributed by atoms with E-state index in [1.54, 1.807) is 7.05 Å². The molecule has 1 aliphatic heterocycles. The largest absolute Gasteiger partial charge is 0.467 e. The molecule has 0 spiro atoms. The van der Waals surface area contributed by atoms with Crippen molar-refractivity contribution in [3.05, 3.63) is 89.5 Å². The van der Waals surface area contributed by atoms with Crippen LogP contribution in [0, 0.1) is 0 Å². The summed E-state index contributed by atoms with van der Waals surface area (Å²) >= 11 is 0. The van der Waals surface area contributed by atoms with E-state index in [1.165, 1.54) is 23.1 Å². The predicted molar refractivity (Wildman–Crippen MR) is 131 cm³/mol. The lowest BCUT2D eigenvalue weighted by Crippen LogP contribution is -2.44. The van der Waals surface area contributed by atoms with Gasteiger partial charge in [-0.05, 0) is 40.3 Å². The first kappa shape index (κ1) is 22.0. The average Bonchev–Trinajstić information content (AvgIpc) is 3.44. The highest BCUT2D eigenvalue weighted by molar-refractivity contribution is 5.82. The summed E-state index contributed by atoms with van der Waals surface area (Å²) in [6, 6.07) is 23.7. The third-order valence-electron chi connectivity index (χ3n) is 7.01. The van der Waals surface area contributed by atoms with Gasteiger partial charge in [-0.15, -0.1) is 0 Å². The number of anilines is 1. The first-order chi connectivity index (χ1) is 16.6. The Morgan fingerprint density at radius 2 is 1.53 bits per heavy atom. The van der Waals surface area contributed by atoms with Gasteiger partial charge in [0.1, 0.15) is 12.6 Å². The summed E-state index contributed by atoms with van der Waals surface area (Å²) < 4.78 is 10.8. The third kappa shape index (κ3) is 3.89. The number of hydrogen-bond acceptors (Lipinski definition) is 5. The normalized spacial score (nSPS) is 16.6. The van der Waals surface area contributed by atoms with Crippen molar-refractivity contribution in [2.75, 3.05) is 32.6 Å². The summed E-state index contributed by atoms with van der Waals surface area (Å²) in [6.45, 7) is 0.921. The average molecular weight is 457 g/mol. The number of amides is 1. The van der Waals surface area contributed by atoms with E-state index in [0.717, 1.165) is 22.4 Å². The van der Waals surface area contributed by atoms with Crippen molar-refractivity contribution in [3.8, 4) is 11.1 Å². The van der Waals surface area contributed by atoms with Crippen molar-refractivity contribution in [3.63, 3.8) is 0 Å². The predicted octanol–water partition coefficient (Wildman–Crippen LogP) is 5.01. The second-order valence-electron chi connectivity index (χ2n) is 8.85. The maximum Gasteiger partial charge on any atom is 0.410 e. The summed E-state index contributed by atoms with van der Waals surface area (Å²) in [6.07, 6.45) is -0.0753. The molecular weight excluding hydrogens is 428 g/mol. The molecule has 3 aromatic carbocycles. The van der Waals surface area contributed by atoms with Gasteiger partial charge in [-0.2, -0.15) is 0 Å². The second kappa shape index (κ2) is 9.21. The summed E-state index contributed by atoms with van der Waals surface area (Å²) in [4.78, 5) is 27.1. The minimum atomic E-state index is -0.737. The van der Waals surface area contributed by atoms with E-state index in [0.29, 0.717) is 13.0 Å². The molecule has 1 aliphatic carbocycles. The van der Waals surface area contributed by atoms with Gasteiger partial charge in [0.05, 0.1) is 7.11 Å². The van der Waals surface area contributed by atoms with Crippen LogP contribution < -0.4 is 5.32 Å². The van der Waals surface area contributed by atoms with Crippen LogP contribution in [0.2, 0.25) is 0 Å². The zero-order valence-electron chi connectivity index (χ0n) is 19.4. The number of ether oxygens (including phenoxy) is 2. The Hall–Kier alpha value is -3.80. The molecule has 1 amide bonds. The zero-order valence-corrected chi connectivity index (χ0v) is 19.4. The summed E-state index contributed by atoms with van der Waals surface area (Å²) in [5, 5.41) is 3.37. The number of hydrogen-bond donors (Lipinski definition) is 1. The molecule has 2 aliphatic rings. The first-order valence-corrected chi connectivity index (χ1v) is 11.6. The fraction of sp³-hybridized carbons (Fsp3) is 0.286. The van der Waals surface area contributed by atoms with Gasteiger partial charge in [-0.25, -0.2) is 9.59 Å². The number of likely N-dealkylation sites (N-methyl/N-ethyl adjacent to an activating group) is 1. The summed E-state index contributed by atoms with van der Waals surface area (Å²) in [7, 11) is 2.95. The minimum absolute atomic E-state index is 0.0350. The molecule has 1 heterocycles. The van der Waals surface area contributed by atoms with Crippen LogP contribution in [-0.2, 0) is 14.3 Å². The molecule has 1 unspecified atom stereocenters. The molecule has 0 bridgehead atoms. The van der Waals surface area contributed by atoms with Gasteiger partial charge in [0.25, 0.3) is 0 Å². The number of carbonyl (C=O) groups excluding carboxylic acids is 2. The van der Waals surface area contributed by atoms with Crippen LogP contribution in [0.1, 0.15) is 34.9 Å². The van der Waals surface area contributed by atoms with E-state index in [2.05, 4.69) is 35.6 Å². The fourth-order valence-electron chi connectivity index (χ4n) is 5.21. The highest BCUT2D eigenvalue weighted by Gasteiger charge is 2.35. The molecule has 6 heteroatoms. The van der Waals surface area contributed by atoms with Gasteiger partial charge >= 0.3 is 12.1 Å². The molecule has 5 rings (SSSR count). The number of rotatable bonds is 6. The number of methoxy groups -OCH3 is 1. The quantitative estimate of drug-likeness (QED) is 0.528. The van der Waals surface area contributed by atoms with Gasteiger partial charge in [0.15, 0.2) is 0 Å². The number of esters is 1. The molecule has 6 nitrogen and oxygen atoms in total. The Kier molecular flexibility index (Phi) is 5.97. The zero-order chi connectivity index (χ0) is 23.7. The standard InChI is InChI=1S/C28H28N2O4/c1-30(26(27(31)33-2)15-18-16-29-25-14-8-7-9-19(18)25)28(32)34-17-24-22-12-5-3-10-20(22)21-11-4-6-13-23(21)24/h3-14,18,24,26,29H,15-17H2,1-2H3/t18?,26-/m0/s1. The minimum Gasteiger partial charge on any atom is -0.467 e. The maximum atomic E-state index is 13.1. The van der Waals surface area contributed by atoms with Crippen LogP contribution in [0.15, 0.2) is 72.8 Å². The lowest BCUT2D eigenvalue weighted by atomic mass is 9.93. The van der Waals surface area contributed by atoms with E-state index in [9.17, 15) is 9.59 Å². The number of para-hydroxylation sites is 1. The first-order valence-electron chi connectivity index (χ1n) is 11.6. The molecule has 1 N–H and O–H groups in total. The van der Waals surface area contributed by atoms with Crippen LogP contribution in [0.5, 0.6) is 0 Å². The lowest BCUT2D eigenvalue weighted by molar-refractivity contribution is -0.146. The smallest absolute Gasteiger partial charge is 0.410 e. The highest BCUT2D eigenvalue weighted by Crippen LogP contribution is 2.44. The van der Waals surface area contributed by atoms with Crippen molar-refractivity contribution < 1.29 is 19.1 Å². The van der Waals surface area contributed by atoms with Crippen LogP contribution in [0.25, 0.3) is 11.1 Å². The lowest BCUT2D eigenvalue weighted by Gasteiger charge is -2.28. The summed E-state index contributed by atoms with van der Waals surface area (Å²) in [5.41, 5.74) is 6.87. The van der Waals surface area contributed by atoms with E-state index in [-0.39, 0.29) is 18.4 Å².